The van der Waals surface area contributed by atoms with Crippen molar-refractivity contribution in [2.75, 3.05) is 0 Å². The lowest BCUT2D eigenvalue weighted by molar-refractivity contribution is -0.168. The van der Waals surface area contributed by atoms with Crippen LogP contribution in [0.5, 0.6) is 0 Å². The van der Waals surface area contributed by atoms with Crippen LogP contribution in [0.15, 0.2) is 0 Å². The van der Waals surface area contributed by atoms with Gasteiger partial charge in [-0.1, -0.05) is 20.8 Å². The molecule has 3 heteroatoms. The minimum atomic E-state index is -0.493. The van der Waals surface area contributed by atoms with E-state index in [1.165, 1.54) is 0 Å². The molecule has 0 spiro atoms. The van der Waals surface area contributed by atoms with Gasteiger partial charge in [-0.25, -0.2) is 0 Å². The normalized spacial score (nSPS) is 40.2. The van der Waals surface area contributed by atoms with Gasteiger partial charge in [0.15, 0.2) is 0 Å². The summed E-state index contributed by atoms with van der Waals surface area (Å²) in [6.45, 7) is 11.9. The van der Waals surface area contributed by atoms with Gasteiger partial charge in [-0.2, -0.15) is 0 Å². The van der Waals surface area contributed by atoms with E-state index in [4.69, 9.17) is 4.74 Å². The summed E-state index contributed by atoms with van der Waals surface area (Å²) in [5, 5.41) is 0. The van der Waals surface area contributed by atoms with Gasteiger partial charge in [0.1, 0.15) is 11.9 Å². The average molecular weight is 266 g/mol. The van der Waals surface area contributed by atoms with Gasteiger partial charge in [0.2, 0.25) is 0 Å². The van der Waals surface area contributed by atoms with Crippen molar-refractivity contribution in [3.05, 3.63) is 0 Å². The number of hydrogen-bond acceptors (Lipinski definition) is 3. The lowest BCUT2D eigenvalue weighted by atomic mass is 9.71. The molecule has 2 saturated carbocycles. The number of esters is 1. The molecule has 0 N–H and O–H groups in total. The smallest absolute Gasteiger partial charge is 0.310 e. The first kappa shape index (κ1) is 14.5. The van der Waals surface area contributed by atoms with E-state index >= 15 is 0 Å². The third kappa shape index (κ3) is 1.93. The molecular weight excluding hydrogens is 240 g/mol. The van der Waals surface area contributed by atoms with Crippen molar-refractivity contribution in [1.82, 2.24) is 0 Å². The molecule has 2 fully saturated rings. The Hall–Kier alpha value is -0.860. The van der Waals surface area contributed by atoms with Gasteiger partial charge in [-0.05, 0) is 50.9 Å². The van der Waals surface area contributed by atoms with Crippen molar-refractivity contribution in [2.24, 2.45) is 28.6 Å². The second kappa shape index (κ2) is 4.07. The molecule has 0 aliphatic heterocycles. The van der Waals surface area contributed by atoms with Crippen molar-refractivity contribution < 1.29 is 14.3 Å². The Morgan fingerprint density at radius 1 is 1.26 bits per heavy atom. The van der Waals surface area contributed by atoms with E-state index in [1.54, 1.807) is 0 Å². The Labute approximate surface area is 116 Å². The first-order chi connectivity index (χ1) is 8.58. The topological polar surface area (TPSA) is 43.4 Å². The Morgan fingerprint density at radius 2 is 1.84 bits per heavy atom. The molecule has 0 aromatic heterocycles. The van der Waals surface area contributed by atoms with E-state index in [9.17, 15) is 9.59 Å². The SMILES string of the molecule is CC1CCC2C(C)(C)C2(C=O)C1C(=O)OC(C)(C)C. The highest BCUT2D eigenvalue weighted by molar-refractivity contribution is 5.83. The number of aldehydes is 1. The van der Waals surface area contributed by atoms with Gasteiger partial charge in [-0.15, -0.1) is 0 Å². The summed E-state index contributed by atoms with van der Waals surface area (Å²) in [4.78, 5) is 24.3. The van der Waals surface area contributed by atoms with Gasteiger partial charge in [0, 0.05) is 5.41 Å². The summed E-state index contributed by atoms with van der Waals surface area (Å²) in [5.74, 6) is 0.0876. The molecule has 0 bridgehead atoms. The number of carbonyl (C=O) groups is 2. The molecule has 0 aromatic rings. The highest BCUT2D eigenvalue weighted by Crippen LogP contribution is 2.76. The summed E-state index contributed by atoms with van der Waals surface area (Å²) < 4.78 is 5.57. The third-order valence-electron chi connectivity index (χ3n) is 5.33. The summed E-state index contributed by atoms with van der Waals surface area (Å²) in [5.41, 5.74) is -1.05. The largest absolute Gasteiger partial charge is 0.460 e. The van der Waals surface area contributed by atoms with E-state index in [0.717, 1.165) is 19.1 Å². The fourth-order valence-electron chi connectivity index (χ4n) is 4.33. The van der Waals surface area contributed by atoms with Crippen LogP contribution in [0.1, 0.15) is 54.4 Å². The molecule has 2 rings (SSSR count). The third-order valence-corrected chi connectivity index (χ3v) is 5.33. The molecule has 0 amide bonds. The molecule has 4 unspecified atom stereocenters. The molecule has 2 aliphatic carbocycles. The van der Waals surface area contributed by atoms with E-state index in [0.29, 0.717) is 5.92 Å². The molecule has 2 aliphatic rings. The number of rotatable bonds is 2. The highest BCUT2D eigenvalue weighted by atomic mass is 16.6. The van der Waals surface area contributed by atoms with Crippen LogP contribution < -0.4 is 0 Å². The van der Waals surface area contributed by atoms with Gasteiger partial charge < -0.3 is 9.53 Å². The van der Waals surface area contributed by atoms with Crippen molar-refractivity contribution in [1.29, 1.82) is 0 Å². The first-order valence-corrected chi connectivity index (χ1v) is 7.27. The molecule has 0 radical (unpaired) electrons. The van der Waals surface area contributed by atoms with E-state index in [-0.39, 0.29) is 23.2 Å². The van der Waals surface area contributed by atoms with Crippen LogP contribution in [-0.2, 0) is 14.3 Å². The van der Waals surface area contributed by atoms with Crippen LogP contribution >= 0.6 is 0 Å². The fraction of sp³-hybridized carbons (Fsp3) is 0.875. The Morgan fingerprint density at radius 3 is 2.32 bits per heavy atom. The molecule has 0 aromatic carbocycles. The van der Waals surface area contributed by atoms with Crippen LogP contribution in [0.25, 0.3) is 0 Å². The van der Waals surface area contributed by atoms with Crippen molar-refractivity contribution in [3.8, 4) is 0 Å². The maximum Gasteiger partial charge on any atom is 0.310 e. The Bertz CT molecular complexity index is 405. The first-order valence-electron chi connectivity index (χ1n) is 7.27. The molecule has 19 heavy (non-hydrogen) atoms. The summed E-state index contributed by atoms with van der Waals surface area (Å²) >= 11 is 0. The summed E-state index contributed by atoms with van der Waals surface area (Å²) in [6, 6.07) is 0. The molecule has 108 valence electrons. The van der Waals surface area contributed by atoms with Crippen molar-refractivity contribution >= 4 is 12.3 Å². The monoisotopic (exact) mass is 266 g/mol. The van der Waals surface area contributed by atoms with E-state index < -0.39 is 11.0 Å². The summed E-state index contributed by atoms with van der Waals surface area (Å²) in [6.07, 6.45) is 3.10. The van der Waals surface area contributed by atoms with Gasteiger partial charge in [-0.3, -0.25) is 4.79 Å². The summed E-state index contributed by atoms with van der Waals surface area (Å²) in [7, 11) is 0. The van der Waals surface area contributed by atoms with Gasteiger partial charge in [0.25, 0.3) is 0 Å². The zero-order valence-electron chi connectivity index (χ0n) is 12.9. The second-order valence-electron chi connectivity index (χ2n) is 7.89. The predicted octanol–water partition coefficient (Wildman–Crippen LogP) is 3.22. The maximum absolute atomic E-state index is 12.5. The molecule has 4 atom stereocenters. The minimum absolute atomic E-state index is 0.0684. The molecular formula is C16H26O3. The molecule has 3 nitrogen and oxygen atoms in total. The maximum atomic E-state index is 12.5. The van der Waals surface area contributed by atoms with Crippen LogP contribution in [0.2, 0.25) is 0 Å². The zero-order valence-corrected chi connectivity index (χ0v) is 12.9. The van der Waals surface area contributed by atoms with Crippen molar-refractivity contribution in [2.45, 2.75) is 60.0 Å². The standard InChI is InChI=1S/C16H26O3/c1-10-7-8-11-15(5,6)16(11,9-17)12(10)13(18)19-14(2,3)4/h9-12H,7-8H2,1-6H3. The highest BCUT2D eigenvalue weighted by Gasteiger charge is 2.77. The second-order valence-corrected chi connectivity index (χ2v) is 7.89. The van der Waals surface area contributed by atoms with Crippen LogP contribution in [0, 0.1) is 28.6 Å². The van der Waals surface area contributed by atoms with Gasteiger partial charge in [0.05, 0.1) is 5.92 Å². The number of hydrogen-bond donors (Lipinski definition) is 0. The number of ether oxygens (including phenoxy) is 1. The average Bonchev–Trinajstić information content (AvgIpc) is 2.73. The quantitative estimate of drug-likeness (QED) is 0.569. The number of fused-ring (bicyclic) bond motifs is 1. The fourth-order valence-corrected chi connectivity index (χ4v) is 4.33. The Balaban J connectivity index is 2.31. The van der Waals surface area contributed by atoms with Crippen LogP contribution in [0.3, 0.4) is 0 Å². The predicted molar refractivity (Wildman–Crippen MR) is 73.5 cm³/mol. The minimum Gasteiger partial charge on any atom is -0.460 e. The molecule has 0 heterocycles. The van der Waals surface area contributed by atoms with Crippen LogP contribution in [0.4, 0.5) is 0 Å². The lowest BCUT2D eigenvalue weighted by Crippen LogP contribution is -2.41. The van der Waals surface area contributed by atoms with E-state index in [2.05, 4.69) is 20.8 Å². The molecule has 0 saturated heterocycles. The Kier molecular flexibility index (Phi) is 3.11. The number of carbonyl (C=O) groups excluding carboxylic acids is 2. The van der Waals surface area contributed by atoms with Crippen LogP contribution in [-0.4, -0.2) is 17.9 Å². The van der Waals surface area contributed by atoms with Crippen molar-refractivity contribution in [3.63, 3.8) is 0 Å². The zero-order chi connectivity index (χ0) is 14.6. The lowest BCUT2D eigenvalue weighted by Gasteiger charge is -2.34. The van der Waals surface area contributed by atoms with Gasteiger partial charge >= 0.3 is 5.97 Å². The van der Waals surface area contributed by atoms with E-state index in [1.807, 2.05) is 20.8 Å².